The van der Waals surface area contributed by atoms with E-state index in [-0.39, 0.29) is 27.9 Å². The van der Waals surface area contributed by atoms with E-state index in [4.69, 9.17) is 39.8 Å². The molecule has 0 atom stereocenters. The maximum atomic E-state index is 12.8. The van der Waals surface area contributed by atoms with Gasteiger partial charge in [0.2, 0.25) is 0 Å². The van der Waals surface area contributed by atoms with Crippen LogP contribution in [0.2, 0.25) is 10.0 Å². The molecular weight excluding hydrogens is 467 g/mol. The monoisotopic (exact) mass is 476 g/mol. The first kappa shape index (κ1) is 20.6. The second kappa shape index (κ2) is 8.23. The van der Waals surface area contributed by atoms with Gasteiger partial charge in [0.25, 0.3) is 11.6 Å². The van der Waals surface area contributed by atoms with Crippen LogP contribution in [0.1, 0.15) is 5.76 Å². The molecule has 10 heteroatoms. The van der Waals surface area contributed by atoms with Gasteiger partial charge in [-0.05, 0) is 48.5 Å². The summed E-state index contributed by atoms with van der Waals surface area (Å²) in [5, 5.41) is 12.1. The van der Waals surface area contributed by atoms with E-state index in [1.165, 1.54) is 17.0 Å². The van der Waals surface area contributed by atoms with Crippen LogP contribution in [0.5, 0.6) is 0 Å². The quantitative estimate of drug-likeness (QED) is 0.183. The zero-order chi connectivity index (χ0) is 21.4. The predicted molar refractivity (Wildman–Crippen MR) is 123 cm³/mol. The molecule has 0 bridgehead atoms. The van der Waals surface area contributed by atoms with E-state index in [0.717, 1.165) is 11.8 Å². The maximum Gasteiger partial charge on any atom is 0.281 e. The number of halogens is 2. The Morgan fingerprint density at radius 2 is 1.77 bits per heavy atom. The third kappa shape index (κ3) is 3.99. The first-order valence-electron chi connectivity index (χ1n) is 8.41. The molecule has 0 radical (unpaired) electrons. The number of nitrogens with zero attached hydrogens (tertiary/aromatic N) is 2. The van der Waals surface area contributed by atoms with Gasteiger partial charge in [0.15, 0.2) is 4.32 Å². The Morgan fingerprint density at radius 3 is 2.47 bits per heavy atom. The summed E-state index contributed by atoms with van der Waals surface area (Å²) in [5.41, 5.74) is 0.734. The number of carbonyl (C=O) groups excluding carboxylic acids is 1. The van der Waals surface area contributed by atoms with Gasteiger partial charge >= 0.3 is 0 Å². The fourth-order valence-corrected chi connectivity index (χ4v) is 4.42. The number of hydrogen-bond acceptors (Lipinski definition) is 6. The number of amides is 1. The fraction of sp³-hybridized carbons (Fsp3) is 0. The highest BCUT2D eigenvalue weighted by molar-refractivity contribution is 8.27. The highest BCUT2D eigenvalue weighted by Gasteiger charge is 2.33. The van der Waals surface area contributed by atoms with Crippen LogP contribution >= 0.6 is 47.2 Å². The predicted octanol–water partition coefficient (Wildman–Crippen LogP) is 6.57. The van der Waals surface area contributed by atoms with Crippen molar-refractivity contribution in [1.82, 2.24) is 0 Å². The zero-order valence-corrected chi connectivity index (χ0v) is 18.0. The van der Waals surface area contributed by atoms with Gasteiger partial charge in [0.1, 0.15) is 11.5 Å². The second-order valence-electron chi connectivity index (χ2n) is 6.11. The molecule has 3 aromatic rings. The van der Waals surface area contributed by atoms with Crippen molar-refractivity contribution in [3.63, 3.8) is 0 Å². The summed E-state index contributed by atoms with van der Waals surface area (Å²) in [5.74, 6) is 0.367. The molecule has 1 saturated heterocycles. The van der Waals surface area contributed by atoms with Gasteiger partial charge < -0.3 is 4.42 Å². The van der Waals surface area contributed by atoms with E-state index in [9.17, 15) is 14.9 Å². The standard InChI is InChI=1S/C20H10Cl2N2O4S2/c21-11-1-4-13(5-2-11)23-19(25)18(30-20(23)29)10-14-6-8-17(28-14)15-7-3-12(22)9-16(15)24(26)27/h1-10H/b18-10-. The molecule has 1 aromatic heterocycles. The minimum Gasteiger partial charge on any atom is -0.456 e. The largest absolute Gasteiger partial charge is 0.456 e. The summed E-state index contributed by atoms with van der Waals surface area (Å²) in [6, 6.07) is 14.3. The van der Waals surface area contributed by atoms with E-state index in [2.05, 4.69) is 0 Å². The number of hydrogen-bond donors (Lipinski definition) is 0. The molecule has 0 saturated carbocycles. The second-order valence-corrected chi connectivity index (χ2v) is 8.66. The summed E-state index contributed by atoms with van der Waals surface area (Å²) in [6.45, 7) is 0. The zero-order valence-electron chi connectivity index (χ0n) is 14.9. The Balaban J connectivity index is 1.64. The maximum absolute atomic E-state index is 12.8. The Labute approximate surface area is 190 Å². The van der Waals surface area contributed by atoms with Gasteiger partial charge in [-0.2, -0.15) is 0 Å². The smallest absolute Gasteiger partial charge is 0.281 e. The third-order valence-electron chi connectivity index (χ3n) is 4.20. The van der Waals surface area contributed by atoms with Gasteiger partial charge in [-0.1, -0.05) is 47.2 Å². The molecule has 0 unspecified atom stereocenters. The third-order valence-corrected chi connectivity index (χ3v) is 5.99. The van der Waals surface area contributed by atoms with Gasteiger partial charge in [-0.15, -0.1) is 0 Å². The van der Waals surface area contributed by atoms with E-state index in [1.807, 2.05) is 0 Å². The van der Waals surface area contributed by atoms with Crippen molar-refractivity contribution in [2.45, 2.75) is 0 Å². The molecule has 2 aromatic carbocycles. The van der Waals surface area contributed by atoms with Crippen LogP contribution in [-0.4, -0.2) is 15.2 Å². The lowest BCUT2D eigenvalue weighted by molar-refractivity contribution is -0.384. The van der Waals surface area contributed by atoms with Crippen molar-refractivity contribution in [2.24, 2.45) is 0 Å². The highest BCUT2D eigenvalue weighted by Crippen LogP contribution is 2.38. The molecule has 0 aliphatic carbocycles. The van der Waals surface area contributed by atoms with E-state index >= 15 is 0 Å². The van der Waals surface area contributed by atoms with E-state index < -0.39 is 4.92 Å². The van der Waals surface area contributed by atoms with Crippen LogP contribution in [0.15, 0.2) is 63.9 Å². The molecule has 4 rings (SSSR count). The lowest BCUT2D eigenvalue weighted by Gasteiger charge is -2.14. The van der Waals surface area contributed by atoms with Crippen molar-refractivity contribution in [2.75, 3.05) is 4.90 Å². The van der Waals surface area contributed by atoms with Crippen LogP contribution in [0.25, 0.3) is 17.4 Å². The Kier molecular flexibility index (Phi) is 5.66. The van der Waals surface area contributed by atoms with Crippen molar-refractivity contribution in [3.8, 4) is 11.3 Å². The van der Waals surface area contributed by atoms with Gasteiger partial charge in [-0.25, -0.2) is 0 Å². The SMILES string of the molecule is O=C1/C(=C/c2ccc(-c3ccc(Cl)cc3[N+](=O)[O-])o2)SC(=S)N1c1ccc(Cl)cc1. The van der Waals surface area contributed by atoms with Crippen LogP contribution in [0, 0.1) is 10.1 Å². The number of thioether (sulfide) groups is 1. The molecule has 1 aliphatic rings. The minimum absolute atomic E-state index is 0.169. The van der Waals surface area contributed by atoms with Crippen LogP contribution in [0.3, 0.4) is 0 Å². The first-order chi connectivity index (χ1) is 14.3. The van der Waals surface area contributed by atoms with Crippen molar-refractivity contribution in [3.05, 3.63) is 85.4 Å². The van der Waals surface area contributed by atoms with Gasteiger partial charge in [-0.3, -0.25) is 19.8 Å². The number of nitro groups is 1. The number of nitro benzene ring substituents is 1. The topological polar surface area (TPSA) is 76.6 Å². The van der Waals surface area contributed by atoms with Crippen LogP contribution < -0.4 is 4.90 Å². The van der Waals surface area contributed by atoms with Crippen molar-refractivity contribution in [1.29, 1.82) is 0 Å². The van der Waals surface area contributed by atoms with Crippen LogP contribution in [0.4, 0.5) is 11.4 Å². The molecule has 30 heavy (non-hydrogen) atoms. The fourth-order valence-electron chi connectivity index (χ4n) is 2.85. The van der Waals surface area contributed by atoms with Crippen LogP contribution in [-0.2, 0) is 4.79 Å². The number of benzene rings is 2. The molecule has 150 valence electrons. The molecule has 1 fully saturated rings. The van der Waals surface area contributed by atoms with Crippen molar-refractivity contribution < 1.29 is 14.1 Å². The molecule has 0 N–H and O–H groups in total. The molecule has 0 spiro atoms. The number of anilines is 1. The lowest BCUT2D eigenvalue weighted by atomic mass is 10.1. The summed E-state index contributed by atoms with van der Waals surface area (Å²) in [7, 11) is 0. The summed E-state index contributed by atoms with van der Waals surface area (Å²) < 4.78 is 6.12. The summed E-state index contributed by atoms with van der Waals surface area (Å²) in [6.07, 6.45) is 1.56. The first-order valence-corrected chi connectivity index (χ1v) is 10.4. The average molecular weight is 477 g/mol. The highest BCUT2D eigenvalue weighted by atomic mass is 35.5. The number of rotatable bonds is 4. The molecular formula is C20H10Cl2N2O4S2. The molecule has 2 heterocycles. The summed E-state index contributed by atoms with van der Waals surface area (Å²) in [4.78, 5) is 25.4. The number of carbonyl (C=O) groups is 1. The van der Waals surface area contributed by atoms with Gasteiger partial charge in [0.05, 0.1) is 21.1 Å². The lowest BCUT2D eigenvalue weighted by Crippen LogP contribution is -2.27. The Hall–Kier alpha value is -2.65. The molecule has 1 amide bonds. The number of thiocarbonyl (C=S) groups is 1. The van der Waals surface area contributed by atoms with E-state index in [1.54, 1.807) is 48.5 Å². The van der Waals surface area contributed by atoms with E-state index in [0.29, 0.717) is 25.7 Å². The number of furan rings is 1. The van der Waals surface area contributed by atoms with Gasteiger partial charge in [0, 0.05) is 22.2 Å². The van der Waals surface area contributed by atoms with Crippen molar-refractivity contribution >= 4 is 74.9 Å². The molecule has 6 nitrogen and oxygen atoms in total. The Morgan fingerprint density at radius 1 is 1.07 bits per heavy atom. The normalized spacial score (nSPS) is 15.3. The molecule has 1 aliphatic heterocycles. The Bertz CT molecular complexity index is 1220. The summed E-state index contributed by atoms with van der Waals surface area (Å²) >= 11 is 18.2. The average Bonchev–Trinajstić information content (AvgIpc) is 3.27. The minimum atomic E-state index is -0.527.